The Labute approximate surface area is 152 Å². The predicted octanol–water partition coefficient (Wildman–Crippen LogP) is 2.94. The van der Waals surface area contributed by atoms with Gasteiger partial charge in [0.25, 0.3) is 0 Å². The van der Waals surface area contributed by atoms with Crippen molar-refractivity contribution in [2.75, 3.05) is 7.11 Å². The molecular weight excluding hydrogens is 328 g/mol. The van der Waals surface area contributed by atoms with Crippen LogP contribution in [0.4, 0.5) is 4.79 Å². The standard InChI is InChI=1S/C20H22N4O2/c1-26-19-8-3-6-17(12-19)14-22-20(25)21-13-16-5-2-7-18(11-16)15-24-10-4-9-23-24/h2-12H,13-15H2,1H3,(H2,21,22,25). The monoisotopic (exact) mass is 350 g/mol. The SMILES string of the molecule is COc1cccc(CNC(=O)NCc2cccc(Cn3cccn3)c2)c1. The number of benzene rings is 2. The van der Waals surface area contributed by atoms with Crippen molar-refractivity contribution in [2.45, 2.75) is 19.6 Å². The van der Waals surface area contributed by atoms with Crippen LogP contribution >= 0.6 is 0 Å². The summed E-state index contributed by atoms with van der Waals surface area (Å²) in [6.07, 6.45) is 3.69. The van der Waals surface area contributed by atoms with Crippen LogP contribution in [0.2, 0.25) is 0 Å². The van der Waals surface area contributed by atoms with Gasteiger partial charge in [0.1, 0.15) is 5.75 Å². The van der Waals surface area contributed by atoms with Gasteiger partial charge in [-0.15, -0.1) is 0 Å². The van der Waals surface area contributed by atoms with Gasteiger partial charge >= 0.3 is 6.03 Å². The molecule has 6 heteroatoms. The molecule has 0 atom stereocenters. The minimum Gasteiger partial charge on any atom is -0.497 e. The third-order valence-electron chi connectivity index (χ3n) is 3.94. The fraction of sp³-hybridized carbons (Fsp3) is 0.200. The minimum atomic E-state index is -0.203. The van der Waals surface area contributed by atoms with E-state index in [0.29, 0.717) is 19.6 Å². The lowest BCUT2D eigenvalue weighted by molar-refractivity contribution is 0.240. The summed E-state index contributed by atoms with van der Waals surface area (Å²) >= 11 is 0. The number of hydrogen-bond donors (Lipinski definition) is 2. The summed E-state index contributed by atoms with van der Waals surface area (Å²) in [7, 11) is 1.62. The Hall–Kier alpha value is -3.28. The van der Waals surface area contributed by atoms with Crippen molar-refractivity contribution in [1.82, 2.24) is 20.4 Å². The number of nitrogens with zero attached hydrogens (tertiary/aromatic N) is 2. The lowest BCUT2D eigenvalue weighted by atomic mass is 10.1. The van der Waals surface area contributed by atoms with Gasteiger partial charge in [-0.3, -0.25) is 4.68 Å². The first-order chi connectivity index (χ1) is 12.7. The van der Waals surface area contributed by atoms with E-state index >= 15 is 0 Å². The molecule has 0 radical (unpaired) electrons. The van der Waals surface area contributed by atoms with Gasteiger partial charge in [-0.2, -0.15) is 5.10 Å². The summed E-state index contributed by atoms with van der Waals surface area (Å²) in [5, 5.41) is 9.94. The van der Waals surface area contributed by atoms with Gasteiger partial charge in [-0.1, -0.05) is 36.4 Å². The summed E-state index contributed by atoms with van der Waals surface area (Å²) in [5.74, 6) is 0.777. The van der Waals surface area contributed by atoms with Gasteiger partial charge in [-0.05, 0) is 34.9 Å². The molecule has 0 aliphatic rings. The van der Waals surface area contributed by atoms with Crippen molar-refractivity contribution in [3.63, 3.8) is 0 Å². The average molecular weight is 350 g/mol. The molecule has 1 heterocycles. The summed E-state index contributed by atoms with van der Waals surface area (Å²) < 4.78 is 7.05. The van der Waals surface area contributed by atoms with Crippen molar-refractivity contribution in [2.24, 2.45) is 0 Å². The minimum absolute atomic E-state index is 0.203. The van der Waals surface area contributed by atoms with Gasteiger partial charge in [0.05, 0.1) is 13.7 Å². The normalized spacial score (nSPS) is 10.3. The molecule has 0 saturated heterocycles. The highest BCUT2D eigenvalue weighted by molar-refractivity contribution is 5.73. The first-order valence-electron chi connectivity index (χ1n) is 8.43. The number of aromatic nitrogens is 2. The molecule has 0 aliphatic heterocycles. The van der Waals surface area contributed by atoms with Crippen LogP contribution in [0, 0.1) is 0 Å². The molecule has 0 unspecified atom stereocenters. The van der Waals surface area contributed by atoms with Gasteiger partial charge in [-0.25, -0.2) is 4.79 Å². The van der Waals surface area contributed by atoms with Crippen molar-refractivity contribution >= 4 is 6.03 Å². The van der Waals surface area contributed by atoms with Crippen LogP contribution < -0.4 is 15.4 Å². The molecule has 0 spiro atoms. The molecule has 3 rings (SSSR count). The number of methoxy groups -OCH3 is 1. The van der Waals surface area contributed by atoms with Gasteiger partial charge in [0.15, 0.2) is 0 Å². The molecule has 2 N–H and O–H groups in total. The maximum absolute atomic E-state index is 12.0. The Kier molecular flexibility index (Phi) is 5.88. The van der Waals surface area contributed by atoms with Gasteiger partial charge in [0, 0.05) is 25.5 Å². The number of rotatable bonds is 7. The van der Waals surface area contributed by atoms with Gasteiger partial charge in [0.2, 0.25) is 0 Å². The van der Waals surface area contributed by atoms with Crippen molar-refractivity contribution in [1.29, 1.82) is 0 Å². The predicted molar refractivity (Wildman–Crippen MR) is 99.8 cm³/mol. The largest absolute Gasteiger partial charge is 0.497 e. The molecule has 26 heavy (non-hydrogen) atoms. The number of hydrogen-bond acceptors (Lipinski definition) is 3. The van der Waals surface area contributed by atoms with E-state index in [1.165, 1.54) is 0 Å². The number of nitrogens with one attached hydrogen (secondary N) is 2. The molecule has 2 amide bonds. The van der Waals surface area contributed by atoms with E-state index in [-0.39, 0.29) is 6.03 Å². The second kappa shape index (κ2) is 8.71. The van der Waals surface area contributed by atoms with Crippen LogP contribution in [0.15, 0.2) is 67.0 Å². The molecule has 6 nitrogen and oxygen atoms in total. The van der Waals surface area contributed by atoms with E-state index in [2.05, 4.69) is 21.8 Å². The van der Waals surface area contributed by atoms with E-state index in [4.69, 9.17) is 4.74 Å². The van der Waals surface area contributed by atoms with E-state index in [1.54, 1.807) is 13.3 Å². The summed E-state index contributed by atoms with van der Waals surface area (Å²) in [5.41, 5.74) is 3.18. The zero-order valence-electron chi connectivity index (χ0n) is 14.7. The first kappa shape index (κ1) is 17.5. The molecular formula is C20H22N4O2. The molecule has 0 fully saturated rings. The Morgan fingerprint density at radius 3 is 2.38 bits per heavy atom. The van der Waals surface area contributed by atoms with E-state index in [9.17, 15) is 4.79 Å². The Morgan fingerprint density at radius 2 is 1.69 bits per heavy atom. The Morgan fingerprint density at radius 1 is 1.00 bits per heavy atom. The van der Waals surface area contributed by atoms with Crippen LogP contribution in [0.5, 0.6) is 5.75 Å². The molecule has 2 aromatic carbocycles. The lowest BCUT2D eigenvalue weighted by Gasteiger charge is -2.10. The average Bonchev–Trinajstić information content (AvgIpc) is 3.18. The molecule has 134 valence electrons. The van der Waals surface area contributed by atoms with Crippen LogP contribution in [-0.4, -0.2) is 22.9 Å². The maximum Gasteiger partial charge on any atom is 0.315 e. The van der Waals surface area contributed by atoms with Crippen molar-refractivity contribution in [3.05, 3.63) is 83.7 Å². The molecule has 0 saturated carbocycles. The van der Waals surface area contributed by atoms with Crippen LogP contribution in [0.3, 0.4) is 0 Å². The quantitative estimate of drug-likeness (QED) is 0.688. The van der Waals surface area contributed by atoms with Crippen LogP contribution in [-0.2, 0) is 19.6 Å². The highest BCUT2D eigenvalue weighted by Gasteiger charge is 2.03. The third-order valence-corrected chi connectivity index (χ3v) is 3.94. The highest BCUT2D eigenvalue weighted by Crippen LogP contribution is 2.12. The number of carbonyl (C=O) groups is 1. The molecule has 3 aromatic rings. The van der Waals surface area contributed by atoms with Crippen LogP contribution in [0.25, 0.3) is 0 Å². The second-order valence-corrected chi connectivity index (χ2v) is 5.91. The summed E-state index contributed by atoms with van der Waals surface area (Å²) in [4.78, 5) is 12.0. The number of carbonyl (C=O) groups excluding carboxylic acids is 1. The van der Waals surface area contributed by atoms with Crippen LogP contribution in [0.1, 0.15) is 16.7 Å². The zero-order valence-corrected chi connectivity index (χ0v) is 14.7. The summed E-state index contributed by atoms with van der Waals surface area (Å²) in [6.45, 7) is 1.63. The van der Waals surface area contributed by atoms with E-state index in [1.807, 2.05) is 59.4 Å². The molecule has 0 aliphatic carbocycles. The number of amides is 2. The fourth-order valence-electron chi connectivity index (χ4n) is 2.63. The highest BCUT2D eigenvalue weighted by atomic mass is 16.5. The van der Waals surface area contributed by atoms with Gasteiger partial charge < -0.3 is 15.4 Å². The second-order valence-electron chi connectivity index (χ2n) is 5.91. The molecule has 0 bridgehead atoms. The number of urea groups is 1. The first-order valence-corrected chi connectivity index (χ1v) is 8.43. The fourth-order valence-corrected chi connectivity index (χ4v) is 2.63. The number of ether oxygens (including phenoxy) is 1. The van der Waals surface area contributed by atoms with E-state index in [0.717, 1.165) is 22.4 Å². The third kappa shape index (κ3) is 5.11. The Bertz CT molecular complexity index is 847. The smallest absolute Gasteiger partial charge is 0.315 e. The maximum atomic E-state index is 12.0. The topological polar surface area (TPSA) is 68.2 Å². The molecule has 1 aromatic heterocycles. The lowest BCUT2D eigenvalue weighted by Crippen LogP contribution is -2.34. The summed E-state index contributed by atoms with van der Waals surface area (Å²) in [6, 6.07) is 17.4. The van der Waals surface area contributed by atoms with Crippen molar-refractivity contribution < 1.29 is 9.53 Å². The Balaban J connectivity index is 1.48. The van der Waals surface area contributed by atoms with Crippen molar-refractivity contribution in [3.8, 4) is 5.75 Å². The zero-order chi connectivity index (χ0) is 18.2. The van der Waals surface area contributed by atoms with E-state index < -0.39 is 0 Å².